The first kappa shape index (κ1) is 14.7. The first-order valence-corrected chi connectivity index (χ1v) is 9.32. The highest BCUT2D eigenvalue weighted by molar-refractivity contribution is 8.35. The van der Waals surface area contributed by atoms with E-state index in [1.807, 2.05) is 30.1 Å². The van der Waals surface area contributed by atoms with Crippen LogP contribution in [0.4, 0.5) is 0 Å². The fourth-order valence-electron chi connectivity index (χ4n) is 1.76. The van der Waals surface area contributed by atoms with Gasteiger partial charge in [-0.2, -0.15) is 5.26 Å². The summed E-state index contributed by atoms with van der Waals surface area (Å²) >= 11 is 6.97. The van der Waals surface area contributed by atoms with Gasteiger partial charge in [-0.25, -0.2) is 0 Å². The van der Waals surface area contributed by atoms with Crippen molar-refractivity contribution in [2.75, 3.05) is 0 Å². The molecule has 2 aliphatic heterocycles. The van der Waals surface area contributed by atoms with Gasteiger partial charge < -0.3 is 0 Å². The van der Waals surface area contributed by atoms with Crippen molar-refractivity contribution in [3.63, 3.8) is 0 Å². The van der Waals surface area contributed by atoms with Crippen LogP contribution >= 0.6 is 47.0 Å². The minimum absolute atomic E-state index is 0.151. The topological polar surface area (TPSA) is 46.1 Å². The van der Waals surface area contributed by atoms with Gasteiger partial charge in [-0.15, -0.1) is 0 Å². The van der Waals surface area contributed by atoms with E-state index in [9.17, 15) is 0 Å². The lowest BCUT2D eigenvalue weighted by molar-refractivity contribution is 1.52. The normalized spacial score (nSPS) is 16.6. The maximum Gasteiger partial charge on any atom is 0.122 e. The molecule has 101 valence electrons. The number of benzene rings is 1. The first-order chi connectivity index (χ1) is 10.3. The lowest BCUT2D eigenvalue weighted by atomic mass is 10.1. The highest BCUT2D eigenvalue weighted by Gasteiger charge is 2.20. The third kappa shape index (κ3) is 3.18. The van der Waals surface area contributed by atoms with E-state index in [1.165, 1.54) is 8.47 Å². The zero-order valence-electron chi connectivity index (χ0n) is 10.6. The van der Waals surface area contributed by atoms with Gasteiger partial charge in [0.15, 0.2) is 0 Å². The molecule has 1 radical (unpaired) electrons. The fourth-order valence-corrected chi connectivity index (χ4v) is 6.23. The number of nitriles is 1. The number of hydrogen-bond donors (Lipinski definition) is 0. The summed E-state index contributed by atoms with van der Waals surface area (Å²) in [4.78, 5) is 1.16. The molecule has 3 rings (SSSR count). The Labute approximate surface area is 140 Å². The maximum absolute atomic E-state index is 8.97. The molecule has 0 fully saturated rings. The average Bonchev–Trinajstić information content (AvgIpc) is 3.20. The largest absolute Gasteiger partial charge is 0.192 e. The van der Waals surface area contributed by atoms with Crippen LogP contribution in [0.2, 0.25) is 0 Å². The molecule has 2 aliphatic rings. The van der Waals surface area contributed by atoms with E-state index in [2.05, 4.69) is 16.2 Å². The van der Waals surface area contributed by atoms with Gasteiger partial charge in [-0.1, -0.05) is 70.7 Å². The first-order valence-electron chi connectivity index (χ1n) is 5.87. The molecule has 0 saturated carbocycles. The number of allylic oxidation sites excluding steroid dienone is 1. The Morgan fingerprint density at radius 3 is 2.57 bits per heavy atom. The van der Waals surface area contributed by atoms with Crippen molar-refractivity contribution in [3.05, 3.63) is 60.1 Å². The Kier molecular flexibility index (Phi) is 4.69. The molecular formula is C15H7N2S4. The second-order valence-corrected chi connectivity index (χ2v) is 8.25. The van der Waals surface area contributed by atoms with E-state index >= 15 is 0 Å². The van der Waals surface area contributed by atoms with E-state index in [0.717, 1.165) is 10.5 Å². The van der Waals surface area contributed by atoms with Gasteiger partial charge in [0.1, 0.15) is 11.6 Å². The Bertz CT molecular complexity index is 767. The fraction of sp³-hybridized carbons (Fsp3) is 0. The van der Waals surface area contributed by atoms with Crippen molar-refractivity contribution in [2.45, 2.75) is 0 Å². The van der Waals surface area contributed by atoms with Crippen molar-refractivity contribution in [3.8, 4) is 6.07 Å². The lowest BCUT2D eigenvalue weighted by Gasteiger charge is -2.04. The van der Waals surface area contributed by atoms with Crippen LogP contribution in [-0.4, -0.2) is 5.87 Å². The SMILES string of the molecule is [N]=C=C(C#N)c1cccc(C2=CSC(=C3SC=CS3)S2)c1. The maximum atomic E-state index is 8.97. The summed E-state index contributed by atoms with van der Waals surface area (Å²) in [5, 5.41) is 24.2. The molecule has 2 heterocycles. The minimum atomic E-state index is 0.151. The van der Waals surface area contributed by atoms with Gasteiger partial charge in [0.05, 0.1) is 8.47 Å². The molecule has 6 heteroatoms. The molecular weight excluding hydrogens is 336 g/mol. The van der Waals surface area contributed by atoms with Gasteiger partial charge in [0.2, 0.25) is 0 Å². The third-order valence-corrected chi connectivity index (χ3v) is 7.78. The van der Waals surface area contributed by atoms with E-state index in [4.69, 9.17) is 10.7 Å². The van der Waals surface area contributed by atoms with Crippen molar-refractivity contribution in [2.24, 2.45) is 0 Å². The Morgan fingerprint density at radius 1 is 1.05 bits per heavy atom. The predicted molar refractivity (Wildman–Crippen MR) is 97.1 cm³/mol. The molecule has 0 amide bonds. The van der Waals surface area contributed by atoms with Crippen LogP contribution in [0.15, 0.2) is 49.0 Å². The predicted octanol–water partition coefficient (Wildman–Crippen LogP) is 4.92. The highest BCUT2D eigenvalue weighted by Crippen LogP contribution is 2.55. The van der Waals surface area contributed by atoms with Crippen LogP contribution in [0.5, 0.6) is 0 Å². The third-order valence-electron chi connectivity index (χ3n) is 2.71. The lowest BCUT2D eigenvalue weighted by Crippen LogP contribution is -1.85. The molecule has 1 aromatic carbocycles. The van der Waals surface area contributed by atoms with Crippen LogP contribution in [-0.2, 0) is 0 Å². The zero-order valence-corrected chi connectivity index (χ0v) is 13.8. The van der Waals surface area contributed by atoms with Crippen molar-refractivity contribution in [1.29, 1.82) is 5.26 Å². The number of rotatable bonds is 2. The second-order valence-electron chi connectivity index (χ2n) is 3.96. The van der Waals surface area contributed by atoms with Gasteiger partial charge in [-0.05, 0) is 27.9 Å². The summed E-state index contributed by atoms with van der Waals surface area (Å²) < 4.78 is 2.61. The van der Waals surface area contributed by atoms with Crippen LogP contribution in [0.1, 0.15) is 11.1 Å². The van der Waals surface area contributed by atoms with E-state index < -0.39 is 0 Å². The van der Waals surface area contributed by atoms with Crippen LogP contribution in [0, 0.1) is 11.3 Å². The van der Waals surface area contributed by atoms with Gasteiger partial charge in [-0.3, -0.25) is 0 Å². The summed E-state index contributed by atoms with van der Waals surface area (Å²) in [6, 6.07) is 9.54. The van der Waals surface area contributed by atoms with E-state index in [1.54, 1.807) is 53.1 Å². The van der Waals surface area contributed by atoms with Crippen molar-refractivity contribution in [1.82, 2.24) is 5.41 Å². The summed E-state index contributed by atoms with van der Waals surface area (Å²) in [5.74, 6) is 1.94. The van der Waals surface area contributed by atoms with Crippen molar-refractivity contribution < 1.29 is 0 Å². The average molecular weight is 344 g/mol. The van der Waals surface area contributed by atoms with Crippen LogP contribution in [0.25, 0.3) is 10.5 Å². The monoisotopic (exact) mass is 343 g/mol. The molecule has 0 unspecified atom stereocenters. The molecule has 2 nitrogen and oxygen atoms in total. The molecule has 1 aromatic rings. The quantitative estimate of drug-likeness (QED) is 0.563. The summed E-state index contributed by atoms with van der Waals surface area (Å²) in [6.45, 7) is 0. The molecule has 0 N–H and O–H groups in total. The smallest absolute Gasteiger partial charge is 0.122 e. The highest BCUT2D eigenvalue weighted by atomic mass is 32.2. The Morgan fingerprint density at radius 2 is 1.86 bits per heavy atom. The second kappa shape index (κ2) is 6.69. The molecule has 0 saturated heterocycles. The van der Waals surface area contributed by atoms with Crippen LogP contribution < -0.4 is 5.41 Å². The van der Waals surface area contributed by atoms with E-state index in [0.29, 0.717) is 5.56 Å². The molecule has 0 bridgehead atoms. The number of hydrogen-bond acceptors (Lipinski definition) is 5. The van der Waals surface area contributed by atoms with Crippen molar-refractivity contribution >= 4 is 63.4 Å². The van der Waals surface area contributed by atoms with Gasteiger partial charge >= 0.3 is 0 Å². The van der Waals surface area contributed by atoms with E-state index in [-0.39, 0.29) is 5.57 Å². The minimum Gasteiger partial charge on any atom is -0.192 e. The molecule has 0 spiro atoms. The Balaban J connectivity index is 1.86. The summed E-state index contributed by atoms with van der Waals surface area (Å²) in [6.07, 6.45) is 0. The molecule has 0 atom stereocenters. The molecule has 21 heavy (non-hydrogen) atoms. The van der Waals surface area contributed by atoms with Crippen LogP contribution in [0.3, 0.4) is 0 Å². The number of nitrogens with zero attached hydrogens (tertiary/aromatic N) is 2. The van der Waals surface area contributed by atoms with Gasteiger partial charge in [0.25, 0.3) is 0 Å². The summed E-state index contributed by atoms with van der Waals surface area (Å²) in [5.41, 5.74) is 1.87. The summed E-state index contributed by atoms with van der Waals surface area (Å²) in [7, 11) is 0. The Hall–Kier alpha value is -1.22. The number of thioether (sulfide) groups is 4. The molecule has 0 aromatic heterocycles. The molecule has 0 aliphatic carbocycles. The zero-order chi connectivity index (χ0) is 14.7. The standard InChI is InChI=1S/C15H7N2S4/c16-7-12(8-17)10-2-1-3-11(6-10)13-9-20-15(21-13)14-18-4-5-19-14/h1-6,9H. The van der Waals surface area contributed by atoms with Gasteiger partial charge in [0, 0.05) is 16.3 Å².